The molecule has 3 nitrogen and oxygen atoms in total. The second-order valence-electron chi connectivity index (χ2n) is 3.65. The highest BCUT2D eigenvalue weighted by molar-refractivity contribution is 5.50. The number of amides is 1. The van der Waals surface area contributed by atoms with Gasteiger partial charge in [0, 0.05) is 18.0 Å². The van der Waals surface area contributed by atoms with Crippen LogP contribution in [-0.2, 0) is 4.79 Å². The SMILES string of the molecule is CC.CC1C2CC(CC2O)N1C=O. The van der Waals surface area contributed by atoms with Gasteiger partial charge in [0.1, 0.15) is 0 Å². The van der Waals surface area contributed by atoms with E-state index in [0.29, 0.717) is 12.0 Å². The van der Waals surface area contributed by atoms with E-state index >= 15 is 0 Å². The average molecular weight is 185 g/mol. The Morgan fingerprint density at radius 3 is 2.38 bits per heavy atom. The number of hydrogen-bond acceptors (Lipinski definition) is 2. The molecule has 0 spiro atoms. The van der Waals surface area contributed by atoms with Crippen LogP contribution in [-0.4, -0.2) is 34.6 Å². The third-order valence-electron chi connectivity index (χ3n) is 3.19. The third kappa shape index (κ3) is 1.57. The molecule has 1 saturated carbocycles. The zero-order valence-corrected chi connectivity index (χ0v) is 8.60. The van der Waals surface area contributed by atoms with Crippen molar-refractivity contribution in [2.24, 2.45) is 5.92 Å². The van der Waals surface area contributed by atoms with Gasteiger partial charge in [0.2, 0.25) is 6.41 Å². The van der Waals surface area contributed by atoms with Crippen molar-refractivity contribution in [1.29, 1.82) is 0 Å². The number of likely N-dealkylation sites (tertiary alicyclic amines) is 1. The monoisotopic (exact) mass is 185 g/mol. The van der Waals surface area contributed by atoms with Gasteiger partial charge in [0.25, 0.3) is 0 Å². The van der Waals surface area contributed by atoms with E-state index in [2.05, 4.69) is 0 Å². The van der Waals surface area contributed by atoms with Gasteiger partial charge in [0.05, 0.1) is 6.10 Å². The van der Waals surface area contributed by atoms with Crippen molar-refractivity contribution >= 4 is 6.41 Å². The van der Waals surface area contributed by atoms with Crippen molar-refractivity contribution in [3.63, 3.8) is 0 Å². The minimum atomic E-state index is -0.161. The lowest BCUT2D eigenvalue weighted by Crippen LogP contribution is -2.42. The second kappa shape index (κ2) is 4.09. The predicted molar refractivity (Wildman–Crippen MR) is 51.2 cm³/mol. The summed E-state index contributed by atoms with van der Waals surface area (Å²) in [6, 6.07) is 0.573. The van der Waals surface area contributed by atoms with E-state index < -0.39 is 0 Å². The molecule has 1 aliphatic carbocycles. The molecule has 1 heterocycles. The molecular weight excluding hydrogens is 166 g/mol. The molecule has 76 valence electrons. The van der Waals surface area contributed by atoms with Gasteiger partial charge in [-0.25, -0.2) is 0 Å². The summed E-state index contributed by atoms with van der Waals surface area (Å²) < 4.78 is 0. The summed E-state index contributed by atoms with van der Waals surface area (Å²) in [5, 5.41) is 9.46. The molecular formula is C10H19NO2. The Morgan fingerprint density at radius 2 is 2.00 bits per heavy atom. The Hall–Kier alpha value is -0.570. The van der Waals surface area contributed by atoms with Crippen LogP contribution in [0.5, 0.6) is 0 Å². The van der Waals surface area contributed by atoms with E-state index in [0.717, 1.165) is 19.3 Å². The van der Waals surface area contributed by atoms with Crippen LogP contribution >= 0.6 is 0 Å². The van der Waals surface area contributed by atoms with Gasteiger partial charge in [-0.2, -0.15) is 0 Å². The van der Waals surface area contributed by atoms with Gasteiger partial charge in [0.15, 0.2) is 0 Å². The number of nitrogens with zero attached hydrogens (tertiary/aromatic N) is 1. The number of aliphatic hydroxyl groups excluding tert-OH is 1. The summed E-state index contributed by atoms with van der Waals surface area (Å²) in [4.78, 5) is 12.4. The molecule has 1 N–H and O–H groups in total. The number of fused-ring (bicyclic) bond motifs is 2. The minimum absolute atomic E-state index is 0.161. The van der Waals surface area contributed by atoms with E-state index in [9.17, 15) is 9.90 Å². The first-order valence-electron chi connectivity index (χ1n) is 5.15. The molecule has 2 aliphatic rings. The van der Waals surface area contributed by atoms with Crippen LogP contribution in [0.25, 0.3) is 0 Å². The largest absolute Gasteiger partial charge is 0.393 e. The maximum atomic E-state index is 10.6. The highest BCUT2D eigenvalue weighted by atomic mass is 16.3. The van der Waals surface area contributed by atoms with Crippen molar-refractivity contribution in [3.05, 3.63) is 0 Å². The summed E-state index contributed by atoms with van der Waals surface area (Å²) in [5.74, 6) is 0.338. The Morgan fingerprint density at radius 1 is 1.38 bits per heavy atom. The topological polar surface area (TPSA) is 40.5 Å². The van der Waals surface area contributed by atoms with Gasteiger partial charge in [-0.3, -0.25) is 4.79 Å². The Kier molecular flexibility index (Phi) is 3.31. The number of carbonyl (C=O) groups excluding carboxylic acids is 1. The van der Waals surface area contributed by atoms with Crippen LogP contribution in [0, 0.1) is 5.92 Å². The van der Waals surface area contributed by atoms with Crippen molar-refractivity contribution in [3.8, 4) is 0 Å². The zero-order chi connectivity index (χ0) is 10.0. The van der Waals surface area contributed by atoms with Crippen molar-refractivity contribution in [2.75, 3.05) is 0 Å². The zero-order valence-electron chi connectivity index (χ0n) is 8.60. The molecule has 1 aliphatic heterocycles. The van der Waals surface area contributed by atoms with Gasteiger partial charge in [-0.15, -0.1) is 0 Å². The molecule has 0 aromatic carbocycles. The first-order valence-corrected chi connectivity index (χ1v) is 5.15. The summed E-state index contributed by atoms with van der Waals surface area (Å²) in [7, 11) is 0. The summed E-state index contributed by atoms with van der Waals surface area (Å²) in [6.45, 7) is 6.02. The Bertz CT molecular complexity index is 182. The Balaban J connectivity index is 0.000000396. The lowest BCUT2D eigenvalue weighted by Gasteiger charge is -2.32. The van der Waals surface area contributed by atoms with Gasteiger partial charge < -0.3 is 10.0 Å². The van der Waals surface area contributed by atoms with Crippen LogP contribution in [0.2, 0.25) is 0 Å². The third-order valence-corrected chi connectivity index (χ3v) is 3.19. The Labute approximate surface area is 79.7 Å². The second-order valence-corrected chi connectivity index (χ2v) is 3.65. The molecule has 2 rings (SSSR count). The highest BCUT2D eigenvalue weighted by Gasteiger charge is 2.48. The van der Waals surface area contributed by atoms with Gasteiger partial charge >= 0.3 is 0 Å². The smallest absolute Gasteiger partial charge is 0.210 e. The highest BCUT2D eigenvalue weighted by Crippen LogP contribution is 2.41. The van der Waals surface area contributed by atoms with Crippen LogP contribution in [0.1, 0.15) is 33.6 Å². The first kappa shape index (κ1) is 10.5. The van der Waals surface area contributed by atoms with Crippen LogP contribution < -0.4 is 0 Å². The quantitative estimate of drug-likeness (QED) is 0.619. The van der Waals surface area contributed by atoms with Crippen LogP contribution in [0.4, 0.5) is 0 Å². The fourth-order valence-electron chi connectivity index (χ4n) is 2.52. The maximum absolute atomic E-state index is 10.6. The fourth-order valence-corrected chi connectivity index (χ4v) is 2.52. The molecule has 1 saturated heterocycles. The molecule has 4 unspecified atom stereocenters. The average Bonchev–Trinajstić information content (AvgIpc) is 2.64. The lowest BCUT2D eigenvalue weighted by atomic mass is 9.98. The molecule has 2 bridgehead atoms. The van der Waals surface area contributed by atoms with E-state index in [1.165, 1.54) is 0 Å². The van der Waals surface area contributed by atoms with E-state index in [1.54, 1.807) is 0 Å². The van der Waals surface area contributed by atoms with Gasteiger partial charge in [-0.05, 0) is 19.8 Å². The fraction of sp³-hybridized carbons (Fsp3) is 0.900. The van der Waals surface area contributed by atoms with Crippen LogP contribution in [0.15, 0.2) is 0 Å². The molecule has 4 atom stereocenters. The minimum Gasteiger partial charge on any atom is -0.393 e. The molecule has 2 fully saturated rings. The van der Waals surface area contributed by atoms with Crippen molar-refractivity contribution < 1.29 is 9.90 Å². The molecule has 1 amide bonds. The van der Waals surface area contributed by atoms with E-state index in [-0.39, 0.29) is 12.1 Å². The van der Waals surface area contributed by atoms with Gasteiger partial charge in [-0.1, -0.05) is 13.8 Å². The summed E-state index contributed by atoms with van der Waals surface area (Å²) in [6.07, 6.45) is 2.54. The van der Waals surface area contributed by atoms with Crippen molar-refractivity contribution in [2.45, 2.75) is 51.8 Å². The molecule has 0 aromatic heterocycles. The number of carbonyl (C=O) groups is 1. The number of hydrogen-bond donors (Lipinski definition) is 1. The summed E-state index contributed by atoms with van der Waals surface area (Å²) in [5.41, 5.74) is 0. The molecule has 3 heteroatoms. The number of piperidine rings is 1. The lowest BCUT2D eigenvalue weighted by molar-refractivity contribution is -0.123. The molecule has 0 aromatic rings. The number of aliphatic hydroxyl groups is 1. The normalized spacial score (nSPS) is 41.4. The number of rotatable bonds is 1. The van der Waals surface area contributed by atoms with E-state index in [4.69, 9.17) is 0 Å². The molecule has 13 heavy (non-hydrogen) atoms. The van der Waals surface area contributed by atoms with Crippen LogP contribution in [0.3, 0.4) is 0 Å². The maximum Gasteiger partial charge on any atom is 0.210 e. The standard InChI is InChI=1S/C8H13NO2.C2H6/c1-5-7-2-6(3-8(7)11)9(5)4-10;1-2/h4-8,11H,2-3H2,1H3;1-2H3. The first-order chi connectivity index (χ1) is 6.24. The summed E-state index contributed by atoms with van der Waals surface area (Å²) >= 11 is 0. The van der Waals surface area contributed by atoms with Crippen molar-refractivity contribution in [1.82, 2.24) is 4.90 Å². The van der Waals surface area contributed by atoms with E-state index in [1.807, 2.05) is 25.7 Å². The predicted octanol–water partition coefficient (Wildman–Crippen LogP) is 1.01. The molecule has 0 radical (unpaired) electrons.